The monoisotopic (exact) mass is 242 g/mol. The van der Waals surface area contributed by atoms with E-state index in [0.717, 1.165) is 0 Å². The maximum absolute atomic E-state index is 10.5. The van der Waals surface area contributed by atoms with E-state index in [1.54, 1.807) is 12.1 Å². The number of aromatic carboxylic acids is 1. The molecule has 0 unspecified atom stereocenters. The van der Waals surface area contributed by atoms with Crippen LogP contribution in [0.15, 0.2) is 29.3 Å². The summed E-state index contributed by atoms with van der Waals surface area (Å²) >= 11 is 0. The number of carbonyl (C=O) groups is 1. The van der Waals surface area contributed by atoms with Crippen molar-refractivity contribution in [2.45, 2.75) is 0 Å². The van der Waals surface area contributed by atoms with Gasteiger partial charge in [-0.3, -0.25) is 0 Å². The maximum atomic E-state index is 10.5. The van der Waals surface area contributed by atoms with Crippen LogP contribution in [0, 0.1) is 10.1 Å². The molecule has 0 saturated heterocycles. The van der Waals surface area contributed by atoms with Crippen molar-refractivity contribution in [1.29, 1.82) is 0 Å². The van der Waals surface area contributed by atoms with Gasteiger partial charge in [-0.25, -0.2) is 9.79 Å². The van der Waals surface area contributed by atoms with Crippen molar-refractivity contribution in [1.82, 2.24) is 0 Å². The molecule has 9 nitrogen and oxygen atoms in total. The predicted octanol–water partition coefficient (Wildman–Crippen LogP) is -0.0580. The Morgan fingerprint density at radius 1 is 1.41 bits per heavy atom. The number of hydrogen-bond acceptors (Lipinski definition) is 4. The van der Waals surface area contributed by atoms with Crippen molar-refractivity contribution >= 4 is 17.6 Å². The average Bonchev–Trinajstić information content (AvgIpc) is 2.16. The molecule has 0 heterocycles. The van der Waals surface area contributed by atoms with Gasteiger partial charge in [0.25, 0.3) is 5.09 Å². The first-order chi connectivity index (χ1) is 7.82. The van der Waals surface area contributed by atoms with Gasteiger partial charge in [-0.1, -0.05) is 6.07 Å². The summed E-state index contributed by atoms with van der Waals surface area (Å²) in [6.07, 6.45) is 0. The van der Waals surface area contributed by atoms with Crippen molar-refractivity contribution in [2.24, 2.45) is 16.5 Å². The average molecular weight is 242 g/mol. The van der Waals surface area contributed by atoms with Crippen LogP contribution in [0.3, 0.4) is 0 Å². The minimum atomic E-state index is -1.50. The second kappa shape index (κ2) is 6.61. The van der Waals surface area contributed by atoms with Crippen LogP contribution >= 0.6 is 0 Å². The number of nitrogens with zero attached hydrogens (tertiary/aromatic N) is 2. The molecular weight excluding hydrogens is 232 g/mol. The summed E-state index contributed by atoms with van der Waals surface area (Å²) in [6.45, 7) is 0. The summed E-state index contributed by atoms with van der Waals surface area (Å²) < 4.78 is 0. The zero-order chi connectivity index (χ0) is 13.4. The third-order valence-electron chi connectivity index (χ3n) is 1.35. The highest BCUT2D eigenvalue weighted by molar-refractivity contribution is 5.89. The molecule has 0 aromatic heterocycles. The lowest BCUT2D eigenvalue weighted by atomic mass is 10.2. The van der Waals surface area contributed by atoms with E-state index < -0.39 is 11.1 Å². The van der Waals surface area contributed by atoms with Gasteiger partial charge in [0, 0.05) is 0 Å². The maximum Gasteiger partial charge on any atom is 0.335 e. The summed E-state index contributed by atoms with van der Waals surface area (Å²) in [6, 6.07) is 6.05. The van der Waals surface area contributed by atoms with Gasteiger partial charge in [0.2, 0.25) is 0 Å². The van der Waals surface area contributed by atoms with E-state index in [4.69, 9.17) is 31.9 Å². The highest BCUT2D eigenvalue weighted by Gasteiger charge is 2.01. The largest absolute Gasteiger partial charge is 0.478 e. The number of benzene rings is 1. The van der Waals surface area contributed by atoms with Gasteiger partial charge in [-0.15, -0.1) is 10.1 Å². The summed E-state index contributed by atoms with van der Waals surface area (Å²) in [5.41, 5.74) is 10.8. The summed E-state index contributed by atoms with van der Waals surface area (Å²) in [4.78, 5) is 22.6. The SMILES string of the molecule is NC(N)=Nc1cccc(C(=O)O)c1.O=[N+]([O-])O. The Kier molecular flexibility index (Phi) is 5.50. The fourth-order valence-corrected chi connectivity index (χ4v) is 0.858. The van der Waals surface area contributed by atoms with Crippen LogP contribution in [0.5, 0.6) is 0 Å². The van der Waals surface area contributed by atoms with Gasteiger partial charge in [-0.2, -0.15) is 0 Å². The molecule has 6 N–H and O–H groups in total. The molecule has 0 aliphatic carbocycles. The smallest absolute Gasteiger partial charge is 0.335 e. The van der Waals surface area contributed by atoms with E-state index in [9.17, 15) is 4.79 Å². The molecule has 0 amide bonds. The molecule has 0 spiro atoms. The van der Waals surface area contributed by atoms with Crippen LogP contribution in [-0.4, -0.2) is 27.3 Å². The molecule has 0 saturated carbocycles. The first kappa shape index (κ1) is 14.2. The normalized spacial score (nSPS) is 8.47. The van der Waals surface area contributed by atoms with Crippen molar-refractivity contribution in [3.05, 3.63) is 39.9 Å². The van der Waals surface area contributed by atoms with Gasteiger partial charge in [0.05, 0.1) is 11.3 Å². The molecule has 1 aromatic rings. The number of guanidine groups is 1. The van der Waals surface area contributed by atoms with Gasteiger partial charge >= 0.3 is 5.97 Å². The molecule has 1 rings (SSSR count). The Hall–Kier alpha value is -2.84. The molecule has 17 heavy (non-hydrogen) atoms. The Morgan fingerprint density at radius 2 is 1.94 bits per heavy atom. The molecule has 9 heteroatoms. The standard InChI is InChI=1S/C8H9N3O2.HNO3/c9-8(10)11-6-3-1-2-5(4-6)7(12)13;2-1(3)4/h1-4H,(H,12,13)(H4,9,10,11);(H,2,3,4). The van der Waals surface area contributed by atoms with E-state index in [1.165, 1.54) is 12.1 Å². The van der Waals surface area contributed by atoms with Crippen LogP contribution in [0.1, 0.15) is 10.4 Å². The first-order valence-electron chi connectivity index (χ1n) is 4.09. The summed E-state index contributed by atoms with van der Waals surface area (Å²) in [7, 11) is 0. The lowest BCUT2D eigenvalue weighted by Crippen LogP contribution is -2.21. The molecule has 0 bridgehead atoms. The van der Waals surface area contributed by atoms with Gasteiger partial charge < -0.3 is 21.8 Å². The highest BCUT2D eigenvalue weighted by Crippen LogP contribution is 2.13. The van der Waals surface area contributed by atoms with E-state index in [2.05, 4.69) is 4.99 Å². The number of aliphatic imine (C=N–C) groups is 1. The number of carboxylic acids is 1. The van der Waals surface area contributed by atoms with Gasteiger partial charge in [0.15, 0.2) is 5.96 Å². The quantitative estimate of drug-likeness (QED) is 0.244. The fourth-order valence-electron chi connectivity index (χ4n) is 0.858. The topological polar surface area (TPSA) is 165 Å². The third-order valence-corrected chi connectivity index (χ3v) is 1.35. The summed E-state index contributed by atoms with van der Waals surface area (Å²) in [5, 5.41) is 22.3. The van der Waals surface area contributed by atoms with Crippen LogP contribution in [0.2, 0.25) is 0 Å². The van der Waals surface area contributed by atoms with E-state index in [0.29, 0.717) is 5.69 Å². The fraction of sp³-hybridized carbons (Fsp3) is 0. The number of rotatable bonds is 2. The zero-order valence-electron chi connectivity index (χ0n) is 8.48. The van der Waals surface area contributed by atoms with Crippen molar-refractivity contribution in [3.63, 3.8) is 0 Å². The molecule has 0 aliphatic heterocycles. The minimum Gasteiger partial charge on any atom is -0.478 e. The van der Waals surface area contributed by atoms with Crippen LogP contribution in [0.25, 0.3) is 0 Å². The number of hydrogen-bond donors (Lipinski definition) is 4. The van der Waals surface area contributed by atoms with Gasteiger partial charge in [-0.05, 0) is 18.2 Å². The van der Waals surface area contributed by atoms with Crippen LogP contribution in [-0.2, 0) is 0 Å². The van der Waals surface area contributed by atoms with Crippen molar-refractivity contribution in [3.8, 4) is 0 Å². The Morgan fingerprint density at radius 3 is 2.35 bits per heavy atom. The van der Waals surface area contributed by atoms with E-state index in [-0.39, 0.29) is 11.5 Å². The Labute approximate surface area is 95.1 Å². The molecule has 92 valence electrons. The van der Waals surface area contributed by atoms with Crippen LogP contribution < -0.4 is 11.5 Å². The van der Waals surface area contributed by atoms with E-state index in [1.807, 2.05) is 0 Å². The summed E-state index contributed by atoms with van der Waals surface area (Å²) in [5.74, 6) is -1.10. The molecule has 0 atom stereocenters. The Bertz CT molecular complexity index is 437. The minimum absolute atomic E-state index is 0.0949. The number of carboxylic acid groups (broad SMARTS) is 1. The highest BCUT2D eigenvalue weighted by atomic mass is 16.9. The van der Waals surface area contributed by atoms with E-state index >= 15 is 0 Å². The third kappa shape index (κ3) is 7.13. The predicted molar refractivity (Wildman–Crippen MR) is 57.7 cm³/mol. The lowest BCUT2D eigenvalue weighted by Gasteiger charge is -1.96. The lowest BCUT2D eigenvalue weighted by molar-refractivity contribution is -0.742. The first-order valence-corrected chi connectivity index (χ1v) is 4.09. The molecule has 0 fully saturated rings. The zero-order valence-corrected chi connectivity index (χ0v) is 8.48. The van der Waals surface area contributed by atoms with Crippen molar-refractivity contribution < 1.29 is 20.2 Å². The molecule has 1 aromatic carbocycles. The molecule has 0 radical (unpaired) electrons. The van der Waals surface area contributed by atoms with Gasteiger partial charge in [0.1, 0.15) is 0 Å². The van der Waals surface area contributed by atoms with Crippen LogP contribution in [0.4, 0.5) is 5.69 Å². The number of nitrogens with two attached hydrogens (primary N) is 2. The Balaban J connectivity index is 0.000000557. The second-order valence-corrected chi connectivity index (χ2v) is 2.63. The molecule has 0 aliphatic rings. The van der Waals surface area contributed by atoms with Crippen molar-refractivity contribution in [2.75, 3.05) is 0 Å². The molecular formula is C8H10N4O5. The second-order valence-electron chi connectivity index (χ2n) is 2.63.